The van der Waals surface area contributed by atoms with Crippen molar-refractivity contribution < 1.29 is 0 Å². The summed E-state index contributed by atoms with van der Waals surface area (Å²) in [6, 6.07) is 1.29. The fourth-order valence-corrected chi connectivity index (χ4v) is 3.65. The summed E-state index contributed by atoms with van der Waals surface area (Å²) >= 11 is 1.79. The van der Waals surface area contributed by atoms with Crippen LogP contribution in [-0.4, -0.2) is 28.5 Å². The predicted octanol–water partition coefficient (Wildman–Crippen LogP) is 3.80. The molecule has 1 aliphatic rings. The summed E-state index contributed by atoms with van der Waals surface area (Å²) in [5.41, 5.74) is 1.26. The van der Waals surface area contributed by atoms with Crippen LogP contribution in [0.3, 0.4) is 0 Å². The van der Waals surface area contributed by atoms with E-state index in [0.717, 1.165) is 19.1 Å². The number of likely N-dealkylation sites (tertiary alicyclic amines) is 1. The van der Waals surface area contributed by atoms with Crippen molar-refractivity contribution in [3.8, 4) is 0 Å². The molecule has 0 aromatic carbocycles. The maximum Gasteiger partial charge on any atom is 0.107 e. The lowest BCUT2D eigenvalue weighted by atomic mass is 10.1. The van der Waals surface area contributed by atoms with Crippen molar-refractivity contribution in [2.45, 2.75) is 78.0 Å². The zero-order valence-corrected chi connectivity index (χ0v) is 14.0. The second-order valence-corrected chi connectivity index (χ2v) is 7.09. The summed E-state index contributed by atoms with van der Waals surface area (Å²) in [6.07, 6.45) is 6.78. The molecule has 1 saturated heterocycles. The highest BCUT2D eigenvalue weighted by Gasteiger charge is 2.20. The zero-order valence-electron chi connectivity index (χ0n) is 13.2. The maximum absolute atomic E-state index is 4.79. The summed E-state index contributed by atoms with van der Waals surface area (Å²) in [5.74, 6) is 0. The minimum Gasteiger partial charge on any atom is -0.308 e. The van der Waals surface area contributed by atoms with Gasteiger partial charge in [0.2, 0.25) is 0 Å². The Hall–Kier alpha value is -0.450. The third-order valence-corrected chi connectivity index (χ3v) is 4.99. The highest BCUT2D eigenvalue weighted by molar-refractivity contribution is 7.09. The molecule has 0 amide bonds. The number of hydrogen-bond donors (Lipinski definition) is 1. The van der Waals surface area contributed by atoms with Crippen LogP contribution in [0, 0.1) is 0 Å². The van der Waals surface area contributed by atoms with Gasteiger partial charge in [-0.1, -0.05) is 33.6 Å². The molecule has 1 N–H and O–H groups in total. The van der Waals surface area contributed by atoms with Crippen molar-refractivity contribution in [2.75, 3.05) is 6.54 Å². The second kappa shape index (κ2) is 8.11. The van der Waals surface area contributed by atoms with E-state index < -0.39 is 0 Å². The number of thiazole rings is 1. The van der Waals surface area contributed by atoms with Crippen molar-refractivity contribution in [1.29, 1.82) is 0 Å². The topological polar surface area (TPSA) is 28.2 Å². The van der Waals surface area contributed by atoms with E-state index in [2.05, 4.69) is 36.4 Å². The standard InChI is InChI=1S/C16H29N3S/c1-4-15-8-6-5-7-9-19(15)11-14-12-20-16(18-14)10-17-13(2)3/h12-13,15,17H,4-11H2,1-3H3. The first-order chi connectivity index (χ1) is 9.69. The van der Waals surface area contributed by atoms with Gasteiger partial charge in [-0.15, -0.1) is 11.3 Å². The Kier molecular flexibility index (Phi) is 6.46. The van der Waals surface area contributed by atoms with Crippen LogP contribution in [-0.2, 0) is 13.1 Å². The van der Waals surface area contributed by atoms with Crippen LogP contribution in [0.1, 0.15) is 63.6 Å². The van der Waals surface area contributed by atoms with Gasteiger partial charge in [0.25, 0.3) is 0 Å². The van der Waals surface area contributed by atoms with Crippen molar-refractivity contribution >= 4 is 11.3 Å². The van der Waals surface area contributed by atoms with E-state index in [4.69, 9.17) is 4.98 Å². The van der Waals surface area contributed by atoms with Gasteiger partial charge in [-0.05, 0) is 25.8 Å². The van der Waals surface area contributed by atoms with Gasteiger partial charge in [0.05, 0.1) is 5.69 Å². The fraction of sp³-hybridized carbons (Fsp3) is 0.812. The molecule has 0 saturated carbocycles. The lowest BCUT2D eigenvalue weighted by molar-refractivity contribution is 0.184. The van der Waals surface area contributed by atoms with Crippen LogP contribution in [0.15, 0.2) is 5.38 Å². The van der Waals surface area contributed by atoms with Crippen LogP contribution >= 0.6 is 11.3 Å². The molecule has 0 bridgehead atoms. The Bertz CT molecular complexity index is 389. The second-order valence-electron chi connectivity index (χ2n) is 6.15. The van der Waals surface area contributed by atoms with Crippen LogP contribution in [0.5, 0.6) is 0 Å². The van der Waals surface area contributed by atoms with E-state index in [1.54, 1.807) is 11.3 Å². The third kappa shape index (κ3) is 4.83. The molecule has 4 heteroatoms. The molecule has 0 radical (unpaired) electrons. The quantitative estimate of drug-likeness (QED) is 0.865. The van der Waals surface area contributed by atoms with Crippen molar-refractivity contribution in [2.24, 2.45) is 0 Å². The molecule has 1 fully saturated rings. The molecule has 1 unspecified atom stereocenters. The van der Waals surface area contributed by atoms with Gasteiger partial charge in [0.15, 0.2) is 0 Å². The van der Waals surface area contributed by atoms with Gasteiger partial charge >= 0.3 is 0 Å². The van der Waals surface area contributed by atoms with E-state index in [1.165, 1.54) is 49.4 Å². The average molecular weight is 295 g/mol. The van der Waals surface area contributed by atoms with Crippen molar-refractivity contribution in [1.82, 2.24) is 15.2 Å². The number of hydrogen-bond acceptors (Lipinski definition) is 4. The monoisotopic (exact) mass is 295 g/mol. The van der Waals surface area contributed by atoms with E-state index in [0.29, 0.717) is 6.04 Å². The van der Waals surface area contributed by atoms with E-state index >= 15 is 0 Å². The Balaban J connectivity index is 1.90. The number of nitrogens with one attached hydrogen (secondary N) is 1. The summed E-state index contributed by atoms with van der Waals surface area (Å²) in [7, 11) is 0. The summed E-state index contributed by atoms with van der Waals surface area (Å²) in [4.78, 5) is 7.44. The molecule has 114 valence electrons. The Morgan fingerprint density at radius 2 is 2.25 bits per heavy atom. The average Bonchev–Trinajstić information content (AvgIpc) is 2.75. The molecule has 2 heterocycles. The summed E-state index contributed by atoms with van der Waals surface area (Å²) in [5, 5.41) is 6.91. The fourth-order valence-electron chi connectivity index (χ4n) is 2.91. The van der Waals surface area contributed by atoms with Crippen LogP contribution < -0.4 is 5.32 Å². The van der Waals surface area contributed by atoms with Gasteiger partial charge in [0.1, 0.15) is 5.01 Å². The molecule has 2 rings (SSSR count). The number of rotatable bonds is 6. The van der Waals surface area contributed by atoms with Gasteiger partial charge in [-0.3, -0.25) is 4.90 Å². The molecule has 3 nitrogen and oxygen atoms in total. The predicted molar refractivity (Wildman–Crippen MR) is 87.0 cm³/mol. The summed E-state index contributed by atoms with van der Waals surface area (Å²) in [6.45, 7) is 9.86. The number of aromatic nitrogens is 1. The highest BCUT2D eigenvalue weighted by Crippen LogP contribution is 2.22. The molecule has 1 aromatic rings. The van der Waals surface area contributed by atoms with E-state index in [-0.39, 0.29) is 0 Å². The van der Waals surface area contributed by atoms with Gasteiger partial charge in [-0.2, -0.15) is 0 Å². The first-order valence-corrected chi connectivity index (χ1v) is 8.97. The summed E-state index contributed by atoms with van der Waals surface area (Å²) < 4.78 is 0. The molecule has 0 aliphatic carbocycles. The first-order valence-electron chi connectivity index (χ1n) is 8.09. The van der Waals surface area contributed by atoms with Gasteiger partial charge < -0.3 is 5.32 Å². The van der Waals surface area contributed by atoms with Crippen molar-refractivity contribution in [3.05, 3.63) is 16.1 Å². The van der Waals surface area contributed by atoms with E-state index in [9.17, 15) is 0 Å². The highest BCUT2D eigenvalue weighted by atomic mass is 32.1. The molecular weight excluding hydrogens is 266 g/mol. The smallest absolute Gasteiger partial charge is 0.107 e. The molecule has 0 spiro atoms. The SMILES string of the molecule is CCC1CCCCCN1Cc1csc(CNC(C)C)n1. The Morgan fingerprint density at radius 3 is 3.00 bits per heavy atom. The number of nitrogens with zero attached hydrogens (tertiary/aromatic N) is 2. The minimum absolute atomic E-state index is 0.525. The third-order valence-electron chi connectivity index (χ3n) is 4.10. The lowest BCUT2D eigenvalue weighted by Crippen LogP contribution is -2.33. The molecule has 1 atom stereocenters. The lowest BCUT2D eigenvalue weighted by Gasteiger charge is -2.28. The molecule has 1 aliphatic heterocycles. The normalized spacial score (nSPS) is 21.3. The molecule has 1 aromatic heterocycles. The Morgan fingerprint density at radius 1 is 1.40 bits per heavy atom. The molecular formula is C16H29N3S. The Labute approximate surface area is 127 Å². The van der Waals surface area contributed by atoms with Crippen LogP contribution in [0.4, 0.5) is 0 Å². The van der Waals surface area contributed by atoms with Crippen LogP contribution in [0.2, 0.25) is 0 Å². The van der Waals surface area contributed by atoms with Crippen LogP contribution in [0.25, 0.3) is 0 Å². The first kappa shape index (κ1) is 15.9. The van der Waals surface area contributed by atoms with Gasteiger partial charge in [0, 0.05) is 30.6 Å². The van der Waals surface area contributed by atoms with E-state index in [1.807, 2.05) is 0 Å². The maximum atomic E-state index is 4.79. The minimum atomic E-state index is 0.525. The molecule has 20 heavy (non-hydrogen) atoms. The van der Waals surface area contributed by atoms with Crippen molar-refractivity contribution in [3.63, 3.8) is 0 Å². The largest absolute Gasteiger partial charge is 0.308 e. The zero-order chi connectivity index (χ0) is 14.4. The van der Waals surface area contributed by atoms with Gasteiger partial charge in [-0.25, -0.2) is 4.98 Å².